The normalized spacial score (nSPS) is 19.4. The van der Waals surface area contributed by atoms with E-state index in [-0.39, 0.29) is 24.5 Å². The van der Waals surface area contributed by atoms with Gasteiger partial charge >= 0.3 is 5.97 Å². The van der Waals surface area contributed by atoms with Gasteiger partial charge in [0.15, 0.2) is 0 Å². The van der Waals surface area contributed by atoms with Crippen LogP contribution < -0.4 is 4.90 Å². The second-order valence-corrected chi connectivity index (χ2v) is 5.71. The highest BCUT2D eigenvalue weighted by Gasteiger charge is 2.33. The molecule has 1 saturated heterocycles. The van der Waals surface area contributed by atoms with Crippen molar-refractivity contribution in [2.24, 2.45) is 0 Å². The van der Waals surface area contributed by atoms with Crippen LogP contribution >= 0.6 is 0 Å². The lowest BCUT2D eigenvalue weighted by atomic mass is 10.1. The van der Waals surface area contributed by atoms with Gasteiger partial charge in [0.05, 0.1) is 19.2 Å². The fourth-order valence-electron chi connectivity index (χ4n) is 2.65. The molecule has 0 bridgehead atoms. The Balaban J connectivity index is 2.08. The number of esters is 1. The van der Waals surface area contributed by atoms with E-state index >= 15 is 0 Å². The second kappa shape index (κ2) is 6.92. The van der Waals surface area contributed by atoms with Gasteiger partial charge in [0, 0.05) is 18.8 Å². The maximum atomic E-state index is 12.6. The van der Waals surface area contributed by atoms with E-state index in [1.165, 1.54) is 11.1 Å². The number of ether oxygens (including phenoxy) is 1. The average Bonchev–Trinajstić information content (AvgIpc) is 2.47. The van der Waals surface area contributed by atoms with Crippen molar-refractivity contribution in [3.63, 3.8) is 0 Å². The number of hydrogen-bond donors (Lipinski definition) is 0. The van der Waals surface area contributed by atoms with Crippen molar-refractivity contribution in [2.45, 2.75) is 33.7 Å². The largest absolute Gasteiger partial charge is 0.465 e. The Kier molecular flexibility index (Phi) is 5.19. The molecule has 0 spiro atoms. The first-order valence-electron chi connectivity index (χ1n) is 7.72. The van der Waals surface area contributed by atoms with E-state index in [1.54, 1.807) is 11.8 Å². The average molecular weight is 304 g/mol. The Morgan fingerprint density at radius 3 is 2.64 bits per heavy atom. The SMILES string of the molecule is CCOC(=O)CN1CCN(c2ccc(C)c(C)c2)C(=O)[C@H]1C. The number of benzene rings is 1. The number of anilines is 1. The molecule has 0 saturated carbocycles. The third-order valence-corrected chi connectivity index (χ3v) is 4.22. The summed E-state index contributed by atoms with van der Waals surface area (Å²) in [4.78, 5) is 27.9. The lowest BCUT2D eigenvalue weighted by molar-refractivity contribution is -0.145. The molecule has 0 radical (unpaired) electrons. The van der Waals surface area contributed by atoms with E-state index in [9.17, 15) is 9.59 Å². The van der Waals surface area contributed by atoms with E-state index in [4.69, 9.17) is 4.74 Å². The highest BCUT2D eigenvalue weighted by atomic mass is 16.5. The van der Waals surface area contributed by atoms with Crippen molar-refractivity contribution in [2.75, 3.05) is 31.1 Å². The van der Waals surface area contributed by atoms with Crippen LogP contribution in [0.4, 0.5) is 5.69 Å². The molecule has 1 aromatic carbocycles. The summed E-state index contributed by atoms with van der Waals surface area (Å²) in [7, 11) is 0. The topological polar surface area (TPSA) is 49.9 Å². The molecule has 1 aliphatic heterocycles. The molecule has 120 valence electrons. The molecule has 0 aromatic heterocycles. The standard InChI is InChI=1S/C17H24N2O3/c1-5-22-16(20)11-18-8-9-19(17(21)14(18)4)15-7-6-12(2)13(3)10-15/h6-7,10,14H,5,8-9,11H2,1-4H3/t14-/m1/s1. The molecule has 5 nitrogen and oxygen atoms in total. The Hall–Kier alpha value is -1.88. The zero-order chi connectivity index (χ0) is 16.3. The lowest BCUT2D eigenvalue weighted by Gasteiger charge is -2.38. The Morgan fingerprint density at radius 1 is 1.27 bits per heavy atom. The van der Waals surface area contributed by atoms with Crippen LogP contribution in [0.15, 0.2) is 18.2 Å². The van der Waals surface area contributed by atoms with Crippen molar-refractivity contribution < 1.29 is 14.3 Å². The van der Waals surface area contributed by atoms with Crippen LogP contribution in [0.1, 0.15) is 25.0 Å². The summed E-state index contributed by atoms with van der Waals surface area (Å²) < 4.78 is 4.96. The number of amides is 1. The zero-order valence-corrected chi connectivity index (χ0v) is 13.8. The van der Waals surface area contributed by atoms with E-state index in [0.29, 0.717) is 19.7 Å². The fourth-order valence-corrected chi connectivity index (χ4v) is 2.65. The number of nitrogens with zero attached hydrogens (tertiary/aromatic N) is 2. The fraction of sp³-hybridized carbons (Fsp3) is 0.529. The number of hydrogen-bond acceptors (Lipinski definition) is 4. The number of carbonyl (C=O) groups is 2. The molecule has 0 N–H and O–H groups in total. The van der Waals surface area contributed by atoms with Gasteiger partial charge in [-0.05, 0) is 51.0 Å². The van der Waals surface area contributed by atoms with Crippen LogP contribution in [0.25, 0.3) is 0 Å². The van der Waals surface area contributed by atoms with Crippen molar-refractivity contribution in [1.82, 2.24) is 4.90 Å². The molecule has 0 unspecified atom stereocenters. The smallest absolute Gasteiger partial charge is 0.320 e. The summed E-state index contributed by atoms with van der Waals surface area (Å²) in [6.45, 7) is 9.51. The molecule has 1 aliphatic rings. The van der Waals surface area contributed by atoms with Crippen molar-refractivity contribution in [3.8, 4) is 0 Å². The summed E-state index contributed by atoms with van der Waals surface area (Å²) in [6.07, 6.45) is 0. The molecule has 1 fully saturated rings. The lowest BCUT2D eigenvalue weighted by Crippen LogP contribution is -2.57. The molecule has 1 amide bonds. The number of carbonyl (C=O) groups excluding carboxylic acids is 2. The summed E-state index contributed by atoms with van der Waals surface area (Å²) >= 11 is 0. The highest BCUT2D eigenvalue weighted by Crippen LogP contribution is 2.23. The van der Waals surface area contributed by atoms with Crippen LogP contribution in [0.5, 0.6) is 0 Å². The third kappa shape index (κ3) is 3.47. The third-order valence-electron chi connectivity index (χ3n) is 4.22. The van der Waals surface area contributed by atoms with Gasteiger partial charge in [-0.3, -0.25) is 14.5 Å². The number of rotatable bonds is 4. The molecule has 2 rings (SSSR count). The molecule has 1 aromatic rings. The quantitative estimate of drug-likeness (QED) is 0.797. The minimum atomic E-state index is -0.320. The van der Waals surface area contributed by atoms with Gasteiger partial charge in [-0.25, -0.2) is 0 Å². The van der Waals surface area contributed by atoms with Crippen molar-refractivity contribution in [3.05, 3.63) is 29.3 Å². The minimum Gasteiger partial charge on any atom is -0.465 e. The Morgan fingerprint density at radius 2 is 2.00 bits per heavy atom. The van der Waals surface area contributed by atoms with E-state index in [1.807, 2.05) is 36.9 Å². The maximum Gasteiger partial charge on any atom is 0.320 e. The predicted octanol–water partition coefficient (Wildman–Crippen LogP) is 1.90. The van der Waals surface area contributed by atoms with Gasteiger partial charge in [0.1, 0.15) is 0 Å². The molecule has 1 heterocycles. The van der Waals surface area contributed by atoms with Crippen LogP contribution in [0, 0.1) is 13.8 Å². The van der Waals surface area contributed by atoms with Crippen LogP contribution in [-0.4, -0.2) is 49.1 Å². The minimum absolute atomic E-state index is 0.0267. The highest BCUT2D eigenvalue weighted by molar-refractivity contribution is 5.98. The zero-order valence-electron chi connectivity index (χ0n) is 13.8. The van der Waals surface area contributed by atoms with Gasteiger partial charge in [-0.1, -0.05) is 6.07 Å². The first kappa shape index (κ1) is 16.5. The van der Waals surface area contributed by atoms with Gasteiger partial charge in [0.2, 0.25) is 5.91 Å². The molecule has 1 atom stereocenters. The first-order chi connectivity index (χ1) is 10.4. The molecular weight excluding hydrogens is 280 g/mol. The molecule has 22 heavy (non-hydrogen) atoms. The van der Waals surface area contributed by atoms with E-state index < -0.39 is 0 Å². The van der Waals surface area contributed by atoms with Crippen LogP contribution in [0.2, 0.25) is 0 Å². The first-order valence-corrected chi connectivity index (χ1v) is 7.72. The summed E-state index contributed by atoms with van der Waals surface area (Å²) in [5, 5.41) is 0. The van der Waals surface area contributed by atoms with Crippen molar-refractivity contribution >= 4 is 17.6 Å². The Bertz CT molecular complexity index is 571. The Labute approximate surface area is 131 Å². The summed E-state index contributed by atoms with van der Waals surface area (Å²) in [5.74, 6) is -0.249. The van der Waals surface area contributed by atoms with E-state index in [0.717, 1.165) is 5.69 Å². The number of piperazine rings is 1. The predicted molar refractivity (Wildman–Crippen MR) is 85.9 cm³/mol. The molecule has 5 heteroatoms. The van der Waals surface area contributed by atoms with Crippen molar-refractivity contribution in [1.29, 1.82) is 0 Å². The van der Waals surface area contributed by atoms with E-state index in [2.05, 4.69) is 6.92 Å². The molecular formula is C17H24N2O3. The van der Waals surface area contributed by atoms with Gasteiger partial charge in [0.25, 0.3) is 0 Å². The van der Waals surface area contributed by atoms with Crippen LogP contribution in [0.3, 0.4) is 0 Å². The number of aryl methyl sites for hydroxylation is 2. The van der Waals surface area contributed by atoms with Gasteiger partial charge < -0.3 is 9.64 Å². The summed E-state index contributed by atoms with van der Waals surface area (Å²) in [6, 6.07) is 5.74. The monoisotopic (exact) mass is 304 g/mol. The van der Waals surface area contributed by atoms with Gasteiger partial charge in [-0.2, -0.15) is 0 Å². The molecule has 0 aliphatic carbocycles. The summed E-state index contributed by atoms with van der Waals surface area (Å²) in [5.41, 5.74) is 3.31. The second-order valence-electron chi connectivity index (χ2n) is 5.71. The maximum absolute atomic E-state index is 12.6. The van der Waals surface area contributed by atoms with Gasteiger partial charge in [-0.15, -0.1) is 0 Å². The van der Waals surface area contributed by atoms with Crippen LogP contribution in [-0.2, 0) is 14.3 Å².